The van der Waals surface area contributed by atoms with Crippen LogP contribution in [0.25, 0.3) is 0 Å². The van der Waals surface area contributed by atoms with E-state index in [-0.39, 0.29) is 26.3 Å². The molecule has 0 spiro atoms. The SMILES string of the molecule is CNC1C(O)C(OC2C(N)CC(N)C(OC3OC(CN)=CCC3N)C2O)OC[C@]1(C)O.CNC1C(O)C(OC2C(N)CC(N)C(OC3OC(CN)=CCC3N)C2O)OC[C@]1(C)O.O=S(=O)(O)O.O=S(=O)(O)O.O=S(=O)(O)O.O=S(=O)(O)O.O=S(=O)(O)O. The van der Waals surface area contributed by atoms with Gasteiger partial charge in [-0.25, -0.2) is 0 Å². The summed E-state index contributed by atoms with van der Waals surface area (Å²) in [5, 5.41) is 69.8. The molecule has 0 aromatic carbocycles. The van der Waals surface area contributed by atoms with E-state index >= 15 is 0 Å². The highest BCUT2D eigenvalue weighted by molar-refractivity contribution is 7.80. The first-order chi connectivity index (χ1) is 39.2. The number of aliphatic hydroxyl groups excluding tert-OH is 4. The van der Waals surface area contributed by atoms with Gasteiger partial charge in [-0.05, 0) is 65.8 Å². The second kappa shape index (κ2) is 36.1. The molecule has 87 heavy (non-hydrogen) atoms. The highest BCUT2D eigenvalue weighted by Gasteiger charge is 2.53. The third-order valence-electron chi connectivity index (χ3n) is 12.4. The van der Waals surface area contributed by atoms with Crippen LogP contribution in [0.4, 0.5) is 0 Å². The van der Waals surface area contributed by atoms with Crippen molar-refractivity contribution in [2.45, 2.75) is 173 Å². The number of hydrogen-bond donors (Lipinski definition) is 26. The molecule has 0 aromatic rings. The maximum atomic E-state index is 11.0. The predicted octanol–water partition coefficient (Wildman–Crippen LogP) is -11.0. The molecule has 20 unspecified atom stereocenters. The monoisotopic (exact) mass is 1380 g/mol. The van der Waals surface area contributed by atoms with Gasteiger partial charge in [0, 0.05) is 24.2 Å². The van der Waals surface area contributed by atoms with Crippen LogP contribution in [-0.2, 0) is 89.9 Å². The van der Waals surface area contributed by atoms with Gasteiger partial charge in [-0.1, -0.05) is 0 Å². The van der Waals surface area contributed by atoms with Crippen LogP contribution in [0, 0.1) is 0 Å². The zero-order chi connectivity index (χ0) is 68.3. The quantitative estimate of drug-likeness (QED) is 0.0807. The number of likely N-dealkylation sites (N-methyl/N-ethyl adjacent to an activating group) is 2. The summed E-state index contributed by atoms with van der Waals surface area (Å²) in [4.78, 5) is 0. The van der Waals surface area contributed by atoms with Gasteiger partial charge in [0.2, 0.25) is 12.6 Å². The molecule has 22 atom stereocenters. The lowest BCUT2D eigenvalue weighted by atomic mass is 9.84. The van der Waals surface area contributed by atoms with Crippen molar-refractivity contribution in [3.63, 3.8) is 0 Å². The van der Waals surface area contributed by atoms with Gasteiger partial charge in [-0.3, -0.25) is 45.5 Å². The molecule has 2 aliphatic carbocycles. The number of aliphatic hydroxyl groups is 6. The molecule has 2 saturated carbocycles. The van der Waals surface area contributed by atoms with E-state index in [1.807, 2.05) is 0 Å². The summed E-state index contributed by atoms with van der Waals surface area (Å²) in [5.41, 5.74) is 45.7. The van der Waals surface area contributed by atoms with Crippen LogP contribution in [0.5, 0.6) is 0 Å². The normalized spacial score (nSPS) is 38.1. The minimum Gasteiger partial charge on any atom is -0.467 e. The average Bonchev–Trinajstić information content (AvgIpc) is 1.34. The Morgan fingerprint density at radius 1 is 0.448 bits per heavy atom. The van der Waals surface area contributed by atoms with Crippen molar-refractivity contribution in [3.05, 3.63) is 23.7 Å². The standard InChI is InChI=1S/2C19H37N5O7.5H2O4S/c2*1-19(27)7-28-18(13(26)16(19)24-2)31-15-11(23)5-10(22)14(12(15)25)30-17-9(21)4-3-8(6-20)29-17;5*1-5(2,3)4/h2*3,9-18,24-27H,4-7,20-23H2,1-2H3;5*(H2,1,2,3,4)/t2*9?,10?,11?,12?,13?,14?,15?,16?,17?,18?,19-;;;;;/m00...../s1. The van der Waals surface area contributed by atoms with Crippen LogP contribution in [0.3, 0.4) is 0 Å². The van der Waals surface area contributed by atoms with Gasteiger partial charge in [0.1, 0.15) is 71.6 Å². The van der Waals surface area contributed by atoms with E-state index in [1.54, 1.807) is 40.1 Å². The zero-order valence-corrected chi connectivity index (χ0v) is 50.6. The molecule has 44 nitrogen and oxygen atoms in total. The smallest absolute Gasteiger partial charge is 0.394 e. The van der Waals surface area contributed by atoms with Crippen molar-refractivity contribution >= 4 is 52.0 Å². The Balaban J connectivity index is 0.00000122. The van der Waals surface area contributed by atoms with E-state index in [0.717, 1.165) is 0 Å². The lowest BCUT2D eigenvalue weighted by molar-refractivity contribution is -0.303. The molecule has 520 valence electrons. The first-order valence-corrected chi connectivity index (χ1v) is 31.7. The van der Waals surface area contributed by atoms with Crippen LogP contribution >= 0.6 is 0 Å². The Hall–Kier alpha value is -2.45. The fraction of sp³-hybridized carbons (Fsp3) is 0.895. The molecule has 0 aromatic heterocycles. The Morgan fingerprint density at radius 2 is 0.667 bits per heavy atom. The molecule has 2 saturated heterocycles. The van der Waals surface area contributed by atoms with Crippen molar-refractivity contribution in [2.24, 2.45) is 45.9 Å². The van der Waals surface area contributed by atoms with Crippen LogP contribution in [0.1, 0.15) is 39.5 Å². The number of ether oxygens (including phenoxy) is 8. The van der Waals surface area contributed by atoms with Gasteiger partial charge >= 0.3 is 52.0 Å². The summed E-state index contributed by atoms with van der Waals surface area (Å²) < 4.78 is 204. The minimum absolute atomic E-state index is 0.0727. The fourth-order valence-electron chi connectivity index (χ4n) is 8.88. The molecular weight excluding hydrogens is 1300 g/mol. The Morgan fingerprint density at radius 3 is 0.874 bits per heavy atom. The maximum Gasteiger partial charge on any atom is 0.394 e. The number of hydrogen-bond acceptors (Lipinski definition) is 34. The molecule has 0 amide bonds. The summed E-state index contributed by atoms with van der Waals surface area (Å²) in [7, 11) is -20.1. The average molecular weight is 1390 g/mol. The van der Waals surface area contributed by atoms with Crippen LogP contribution in [0.2, 0.25) is 0 Å². The minimum atomic E-state index is -4.67. The summed E-state index contributed by atoms with van der Waals surface area (Å²) >= 11 is 0. The van der Waals surface area contributed by atoms with Crippen molar-refractivity contribution in [1.29, 1.82) is 0 Å². The van der Waals surface area contributed by atoms with E-state index in [4.69, 9.17) is 171 Å². The predicted molar refractivity (Wildman–Crippen MR) is 291 cm³/mol. The van der Waals surface area contributed by atoms with Crippen LogP contribution in [0.15, 0.2) is 23.7 Å². The molecule has 34 N–H and O–H groups in total. The van der Waals surface area contributed by atoms with E-state index in [9.17, 15) is 30.6 Å². The second-order valence-electron chi connectivity index (χ2n) is 19.9. The molecule has 49 heteroatoms. The van der Waals surface area contributed by atoms with Gasteiger partial charge in [0.05, 0.1) is 50.5 Å². The van der Waals surface area contributed by atoms with Gasteiger partial charge in [-0.15, -0.1) is 0 Å². The largest absolute Gasteiger partial charge is 0.467 e. The Bertz CT molecular complexity index is 2390. The second-order valence-corrected chi connectivity index (χ2v) is 24.3. The Labute approximate surface area is 500 Å². The number of rotatable bonds is 12. The molecule has 4 aliphatic heterocycles. The van der Waals surface area contributed by atoms with Gasteiger partial charge < -0.3 is 125 Å². The van der Waals surface area contributed by atoms with Gasteiger partial charge in [0.25, 0.3) is 0 Å². The summed E-state index contributed by atoms with van der Waals surface area (Å²) in [5.74, 6) is 1.11. The topological polar surface area (TPSA) is 800 Å². The lowest BCUT2D eigenvalue weighted by Gasteiger charge is -2.48. The van der Waals surface area contributed by atoms with Crippen molar-refractivity contribution in [1.82, 2.24) is 10.6 Å². The van der Waals surface area contributed by atoms with Crippen LogP contribution < -0.4 is 56.5 Å². The van der Waals surface area contributed by atoms with E-state index < -0.39 is 186 Å². The number of nitrogens with one attached hydrogen (secondary N) is 2. The number of nitrogens with two attached hydrogens (primary N) is 8. The maximum absolute atomic E-state index is 11.0. The molecule has 4 heterocycles. The van der Waals surface area contributed by atoms with Crippen molar-refractivity contribution < 1.29 is 156 Å². The van der Waals surface area contributed by atoms with Crippen molar-refractivity contribution in [3.8, 4) is 0 Å². The first-order valence-electron chi connectivity index (χ1n) is 24.7. The molecule has 6 rings (SSSR count). The zero-order valence-electron chi connectivity index (χ0n) is 46.5. The highest BCUT2D eigenvalue weighted by Crippen LogP contribution is 2.33. The van der Waals surface area contributed by atoms with E-state index in [0.29, 0.717) is 37.2 Å². The summed E-state index contributed by atoms with van der Waals surface area (Å²) in [6, 6.07) is -4.74. The summed E-state index contributed by atoms with van der Waals surface area (Å²) in [6.45, 7) is 3.36. The third kappa shape index (κ3) is 34.2. The molecule has 6 aliphatic rings. The van der Waals surface area contributed by atoms with E-state index in [1.165, 1.54) is 0 Å². The van der Waals surface area contributed by atoms with E-state index in [2.05, 4.69) is 10.6 Å². The molecule has 0 radical (unpaired) electrons. The Kier molecular flexibility index (Phi) is 35.1. The third-order valence-corrected chi connectivity index (χ3v) is 12.4. The van der Waals surface area contributed by atoms with Crippen LogP contribution in [-0.4, -0.2) is 292 Å². The van der Waals surface area contributed by atoms with Gasteiger partial charge in [0.15, 0.2) is 12.6 Å². The lowest BCUT2D eigenvalue weighted by Crippen LogP contribution is -2.68. The molecule has 4 fully saturated rings. The summed E-state index contributed by atoms with van der Waals surface area (Å²) in [6.07, 6.45) is -7.13. The molecular formula is C38H84N10O34S5. The van der Waals surface area contributed by atoms with Gasteiger partial charge in [-0.2, -0.15) is 42.1 Å². The first kappa shape index (κ1) is 84.5. The molecule has 0 bridgehead atoms. The fourth-order valence-corrected chi connectivity index (χ4v) is 8.88. The van der Waals surface area contributed by atoms with Crippen molar-refractivity contribution in [2.75, 3.05) is 40.4 Å². The highest BCUT2D eigenvalue weighted by atomic mass is 32.3.